The number of ketones is 2. The molecule has 27 heavy (non-hydrogen) atoms. The first-order chi connectivity index (χ1) is 13.1. The summed E-state index contributed by atoms with van der Waals surface area (Å²) in [5, 5.41) is 0. The number of ether oxygens (including phenoxy) is 2. The summed E-state index contributed by atoms with van der Waals surface area (Å²) in [6.45, 7) is 1.92. The molecule has 0 fully saturated rings. The number of hydrogen-bond acceptors (Lipinski definition) is 5. The molecule has 0 saturated carbocycles. The lowest BCUT2D eigenvalue weighted by molar-refractivity contribution is -0.146. The molecule has 140 valence electrons. The van der Waals surface area contributed by atoms with Gasteiger partial charge in [0.25, 0.3) is 0 Å². The quantitative estimate of drug-likeness (QED) is 0.555. The number of fused-ring (bicyclic) bond motifs is 1. The number of Topliss-reactive ketones (excluding diaryl/α,β-unsaturated/α-hetero) is 2. The van der Waals surface area contributed by atoms with Crippen molar-refractivity contribution in [2.45, 2.75) is 32.3 Å². The Morgan fingerprint density at radius 1 is 1.11 bits per heavy atom. The van der Waals surface area contributed by atoms with Crippen molar-refractivity contribution in [3.05, 3.63) is 65.7 Å². The molecule has 0 amide bonds. The molecule has 2 unspecified atom stereocenters. The van der Waals surface area contributed by atoms with E-state index in [2.05, 4.69) is 0 Å². The van der Waals surface area contributed by atoms with Gasteiger partial charge in [-0.05, 0) is 31.0 Å². The number of benzene rings is 2. The summed E-state index contributed by atoms with van der Waals surface area (Å²) < 4.78 is 10.9. The molecule has 2 aromatic carbocycles. The highest BCUT2D eigenvalue weighted by atomic mass is 16.5. The second kappa shape index (κ2) is 8.62. The number of carbonyl (C=O) groups excluding carboxylic acids is 3. The average molecular weight is 366 g/mol. The summed E-state index contributed by atoms with van der Waals surface area (Å²) in [5.41, 5.74) is 1.49. The van der Waals surface area contributed by atoms with Gasteiger partial charge in [-0.2, -0.15) is 0 Å². The Balaban J connectivity index is 1.84. The normalized spacial score (nSPS) is 16.8. The number of rotatable bonds is 7. The van der Waals surface area contributed by atoms with Crippen LogP contribution in [0.5, 0.6) is 5.75 Å². The molecule has 0 N–H and O–H groups in total. The molecule has 3 rings (SSSR count). The molecule has 1 aliphatic rings. The fraction of sp³-hybridized carbons (Fsp3) is 0.318. The Morgan fingerprint density at radius 3 is 2.56 bits per heavy atom. The molecule has 2 aromatic rings. The molecule has 5 heteroatoms. The van der Waals surface area contributed by atoms with Crippen LogP contribution in [0, 0.1) is 5.92 Å². The molecule has 0 saturated heterocycles. The Bertz CT molecular complexity index is 828. The van der Waals surface area contributed by atoms with Gasteiger partial charge in [-0.1, -0.05) is 42.5 Å². The molecule has 0 radical (unpaired) electrons. The Labute approximate surface area is 158 Å². The molecule has 0 bridgehead atoms. The maximum absolute atomic E-state index is 12.9. The van der Waals surface area contributed by atoms with Crippen molar-refractivity contribution in [1.82, 2.24) is 0 Å². The SMILES string of the molecule is CCOC(=O)CC(=O)C(Cc1ccccc1)C1CC(=O)c2ccccc2O1. The minimum Gasteiger partial charge on any atom is -0.488 e. The Kier molecular flexibility index (Phi) is 6.01. The van der Waals surface area contributed by atoms with Crippen LogP contribution in [0.3, 0.4) is 0 Å². The molecule has 5 nitrogen and oxygen atoms in total. The van der Waals surface area contributed by atoms with Crippen LogP contribution >= 0.6 is 0 Å². The minimum atomic E-state index is -0.603. The number of carbonyl (C=O) groups is 3. The van der Waals surface area contributed by atoms with Crippen LogP contribution in [0.15, 0.2) is 54.6 Å². The summed E-state index contributed by atoms with van der Waals surface area (Å²) in [5.74, 6) is -0.990. The zero-order valence-corrected chi connectivity index (χ0v) is 15.2. The number of hydrogen-bond donors (Lipinski definition) is 0. The zero-order valence-electron chi connectivity index (χ0n) is 15.2. The average Bonchev–Trinajstić information content (AvgIpc) is 2.67. The molecule has 0 aliphatic carbocycles. The second-order valence-corrected chi connectivity index (χ2v) is 6.52. The van der Waals surface area contributed by atoms with E-state index in [9.17, 15) is 14.4 Å². The monoisotopic (exact) mass is 366 g/mol. The lowest BCUT2D eigenvalue weighted by Gasteiger charge is -2.31. The van der Waals surface area contributed by atoms with Crippen molar-refractivity contribution in [2.75, 3.05) is 6.61 Å². The van der Waals surface area contributed by atoms with E-state index in [1.54, 1.807) is 31.2 Å². The van der Waals surface area contributed by atoms with Crippen LogP contribution in [-0.2, 0) is 20.7 Å². The number of esters is 1. The van der Waals surface area contributed by atoms with Gasteiger partial charge in [0.1, 0.15) is 18.3 Å². The van der Waals surface area contributed by atoms with E-state index in [0.717, 1.165) is 5.56 Å². The van der Waals surface area contributed by atoms with Crippen molar-refractivity contribution in [3.8, 4) is 5.75 Å². The Morgan fingerprint density at radius 2 is 1.81 bits per heavy atom. The molecular weight excluding hydrogens is 344 g/mol. The first-order valence-electron chi connectivity index (χ1n) is 9.09. The summed E-state index contributed by atoms with van der Waals surface area (Å²) in [4.78, 5) is 37.2. The van der Waals surface area contributed by atoms with Crippen LogP contribution in [0.1, 0.15) is 35.7 Å². The smallest absolute Gasteiger partial charge is 0.313 e. The first kappa shape index (κ1) is 18.8. The van der Waals surface area contributed by atoms with Gasteiger partial charge < -0.3 is 9.47 Å². The minimum absolute atomic E-state index is 0.0520. The van der Waals surface area contributed by atoms with E-state index in [1.807, 2.05) is 30.3 Å². The highest BCUT2D eigenvalue weighted by molar-refractivity contribution is 6.01. The van der Waals surface area contributed by atoms with Crippen LogP contribution in [0.2, 0.25) is 0 Å². The fourth-order valence-corrected chi connectivity index (χ4v) is 3.33. The van der Waals surface area contributed by atoms with Gasteiger partial charge in [0.2, 0.25) is 0 Å². The number of para-hydroxylation sites is 1. The summed E-state index contributed by atoms with van der Waals surface area (Å²) >= 11 is 0. The highest BCUT2D eigenvalue weighted by Crippen LogP contribution is 2.32. The largest absolute Gasteiger partial charge is 0.488 e. The maximum Gasteiger partial charge on any atom is 0.313 e. The van der Waals surface area contributed by atoms with E-state index in [0.29, 0.717) is 17.7 Å². The molecule has 1 aliphatic heterocycles. The summed E-state index contributed by atoms with van der Waals surface area (Å²) in [7, 11) is 0. The van der Waals surface area contributed by atoms with Crippen LogP contribution in [0.4, 0.5) is 0 Å². The lowest BCUT2D eigenvalue weighted by Crippen LogP contribution is -2.40. The van der Waals surface area contributed by atoms with E-state index >= 15 is 0 Å². The maximum atomic E-state index is 12.9. The van der Waals surface area contributed by atoms with Crippen molar-refractivity contribution < 1.29 is 23.9 Å². The standard InChI is InChI=1S/C22H22O5/c1-2-26-22(25)14-19(24)17(12-15-8-4-3-5-9-15)21-13-18(23)16-10-6-7-11-20(16)27-21/h3-11,17,21H,2,12-14H2,1H3. The summed E-state index contributed by atoms with van der Waals surface area (Å²) in [6.07, 6.45) is -0.405. The van der Waals surface area contributed by atoms with Gasteiger partial charge in [-0.15, -0.1) is 0 Å². The third-order valence-corrected chi connectivity index (χ3v) is 4.64. The highest BCUT2D eigenvalue weighted by Gasteiger charge is 2.36. The Hall–Kier alpha value is -2.95. The van der Waals surface area contributed by atoms with Gasteiger partial charge in [0.05, 0.1) is 18.1 Å². The van der Waals surface area contributed by atoms with E-state index in [1.165, 1.54) is 0 Å². The molecule has 1 heterocycles. The van der Waals surface area contributed by atoms with Gasteiger partial charge in [-0.3, -0.25) is 14.4 Å². The van der Waals surface area contributed by atoms with Gasteiger partial charge >= 0.3 is 5.97 Å². The van der Waals surface area contributed by atoms with Crippen LogP contribution < -0.4 is 4.74 Å². The predicted octanol–water partition coefficient (Wildman–Crippen LogP) is 3.40. The van der Waals surface area contributed by atoms with Crippen LogP contribution in [0.25, 0.3) is 0 Å². The van der Waals surface area contributed by atoms with Gasteiger partial charge in [-0.25, -0.2) is 0 Å². The van der Waals surface area contributed by atoms with Crippen molar-refractivity contribution in [2.24, 2.45) is 5.92 Å². The predicted molar refractivity (Wildman–Crippen MR) is 99.7 cm³/mol. The van der Waals surface area contributed by atoms with Crippen molar-refractivity contribution in [3.63, 3.8) is 0 Å². The molecule has 0 aromatic heterocycles. The van der Waals surface area contributed by atoms with E-state index < -0.39 is 18.0 Å². The third kappa shape index (κ3) is 4.61. The van der Waals surface area contributed by atoms with Gasteiger partial charge in [0.15, 0.2) is 11.6 Å². The van der Waals surface area contributed by atoms with Gasteiger partial charge in [0, 0.05) is 6.42 Å². The van der Waals surface area contributed by atoms with E-state index in [4.69, 9.17) is 9.47 Å². The molecular formula is C22H22O5. The third-order valence-electron chi connectivity index (χ3n) is 4.64. The first-order valence-corrected chi connectivity index (χ1v) is 9.09. The molecule has 0 spiro atoms. The lowest BCUT2D eigenvalue weighted by atomic mass is 9.84. The van der Waals surface area contributed by atoms with Crippen molar-refractivity contribution >= 4 is 17.5 Å². The zero-order chi connectivity index (χ0) is 19.2. The van der Waals surface area contributed by atoms with Crippen LogP contribution in [-0.4, -0.2) is 30.2 Å². The van der Waals surface area contributed by atoms with Crippen molar-refractivity contribution in [1.29, 1.82) is 0 Å². The van der Waals surface area contributed by atoms with E-state index in [-0.39, 0.29) is 31.0 Å². The second-order valence-electron chi connectivity index (χ2n) is 6.52. The molecule has 2 atom stereocenters. The topological polar surface area (TPSA) is 69.7 Å². The summed E-state index contributed by atoms with van der Waals surface area (Å²) in [6, 6.07) is 16.6. The fourth-order valence-electron chi connectivity index (χ4n) is 3.33.